The van der Waals surface area contributed by atoms with Gasteiger partial charge in [-0.15, -0.1) is 0 Å². The van der Waals surface area contributed by atoms with Crippen LogP contribution in [0.5, 0.6) is 0 Å². The van der Waals surface area contributed by atoms with Crippen LogP contribution in [-0.2, 0) is 17.9 Å². The van der Waals surface area contributed by atoms with Crippen LogP contribution in [0.1, 0.15) is 69.9 Å². The second-order valence-electron chi connectivity index (χ2n) is 10.8. The van der Waals surface area contributed by atoms with Crippen LogP contribution in [-0.4, -0.2) is 35.8 Å². The summed E-state index contributed by atoms with van der Waals surface area (Å²) in [4.78, 5) is 2.58. The molecule has 0 spiro atoms. The molecular weight excluding hydrogens is 425 g/mol. The molecule has 186 valence electrons. The van der Waals surface area contributed by atoms with Crippen molar-refractivity contribution in [3.63, 3.8) is 0 Å². The zero-order valence-corrected chi connectivity index (χ0v) is 21.0. The first-order valence-electron chi connectivity index (χ1n) is 13.4. The molecule has 1 aliphatic carbocycles. The molecule has 0 amide bonds. The van der Waals surface area contributed by atoms with Crippen molar-refractivity contribution in [3.05, 3.63) is 59.4 Å². The van der Waals surface area contributed by atoms with Gasteiger partial charge >= 0.3 is 0 Å². The number of benzene rings is 2. The highest BCUT2D eigenvalue weighted by Crippen LogP contribution is 2.33. The molecule has 2 unspecified atom stereocenters. The molecular formula is C30H42FNO2. The van der Waals surface area contributed by atoms with Crippen LogP contribution < -0.4 is 0 Å². The number of halogens is 1. The van der Waals surface area contributed by atoms with Gasteiger partial charge in [0, 0.05) is 31.8 Å². The minimum Gasteiger partial charge on any atom is -0.396 e. The fraction of sp³-hybridized carbons (Fsp3) is 0.600. The number of likely N-dealkylation sites (tertiary alicyclic amines) is 1. The van der Waals surface area contributed by atoms with Gasteiger partial charge in [0.25, 0.3) is 0 Å². The average Bonchev–Trinajstić information content (AvgIpc) is 3.34. The topological polar surface area (TPSA) is 32.7 Å². The number of ether oxygens (including phenoxy) is 1. The summed E-state index contributed by atoms with van der Waals surface area (Å²) in [6.07, 6.45) is 8.24. The van der Waals surface area contributed by atoms with E-state index in [0.29, 0.717) is 36.7 Å². The maximum absolute atomic E-state index is 14.7. The Kier molecular flexibility index (Phi) is 9.16. The molecule has 2 aliphatic rings. The molecule has 2 aromatic carbocycles. The van der Waals surface area contributed by atoms with Gasteiger partial charge in [0.05, 0.1) is 12.7 Å². The molecule has 2 fully saturated rings. The van der Waals surface area contributed by atoms with Crippen LogP contribution in [0.15, 0.2) is 42.5 Å². The molecule has 1 N–H and O–H groups in total. The molecule has 1 saturated heterocycles. The van der Waals surface area contributed by atoms with E-state index in [4.69, 9.17) is 9.84 Å². The van der Waals surface area contributed by atoms with Gasteiger partial charge in [-0.1, -0.05) is 69.5 Å². The van der Waals surface area contributed by atoms with Crippen LogP contribution in [0.2, 0.25) is 0 Å². The van der Waals surface area contributed by atoms with Gasteiger partial charge < -0.3 is 9.84 Å². The second-order valence-corrected chi connectivity index (χ2v) is 10.8. The smallest absolute Gasteiger partial charge is 0.129 e. The molecule has 3 nitrogen and oxygen atoms in total. The maximum Gasteiger partial charge on any atom is 0.129 e. The van der Waals surface area contributed by atoms with Crippen molar-refractivity contribution in [2.24, 2.45) is 17.8 Å². The highest BCUT2D eigenvalue weighted by Gasteiger charge is 2.31. The number of rotatable bonds is 10. The lowest BCUT2D eigenvalue weighted by Crippen LogP contribution is -2.44. The monoisotopic (exact) mass is 467 g/mol. The van der Waals surface area contributed by atoms with E-state index in [9.17, 15) is 4.39 Å². The van der Waals surface area contributed by atoms with Crippen molar-refractivity contribution in [2.75, 3.05) is 19.7 Å². The SMILES string of the molecule is CC1CN(Cc2ccc(-c3ccc(COC4CCCC4)c(F)c3)cc2)CC(C)C1CCCCO. The summed E-state index contributed by atoms with van der Waals surface area (Å²) in [5.41, 5.74) is 3.93. The number of unbranched alkanes of at least 4 members (excludes halogenated alkanes) is 1. The Balaban J connectivity index is 1.31. The Morgan fingerprint density at radius 3 is 2.26 bits per heavy atom. The van der Waals surface area contributed by atoms with Crippen molar-refractivity contribution in [1.82, 2.24) is 4.90 Å². The summed E-state index contributed by atoms with van der Waals surface area (Å²) in [5, 5.41) is 9.08. The van der Waals surface area contributed by atoms with Crippen LogP contribution in [0.25, 0.3) is 11.1 Å². The Labute approximate surface area is 205 Å². The molecule has 0 bridgehead atoms. The van der Waals surface area contributed by atoms with Gasteiger partial charge in [-0.25, -0.2) is 4.39 Å². The standard InChI is InChI=1S/C30H42FNO2/c1-22-18-32(19-23(2)29(22)9-5-6-16-33)20-24-10-12-25(13-11-24)26-14-15-27(30(31)17-26)21-34-28-7-3-4-8-28/h10-15,17,22-23,28-29,33H,3-9,16,18-21H2,1-2H3. The van der Waals surface area contributed by atoms with E-state index < -0.39 is 0 Å². The molecule has 0 radical (unpaired) electrons. The number of hydrogen-bond donors (Lipinski definition) is 1. The molecule has 1 saturated carbocycles. The minimum atomic E-state index is -0.176. The zero-order chi connectivity index (χ0) is 23.9. The Morgan fingerprint density at radius 2 is 1.62 bits per heavy atom. The summed E-state index contributed by atoms with van der Waals surface area (Å²) in [5.74, 6) is 1.94. The van der Waals surface area contributed by atoms with Gasteiger partial charge in [0.15, 0.2) is 0 Å². The van der Waals surface area contributed by atoms with Crippen molar-refractivity contribution in [1.29, 1.82) is 0 Å². The van der Waals surface area contributed by atoms with E-state index in [1.807, 2.05) is 12.1 Å². The van der Waals surface area contributed by atoms with Crippen molar-refractivity contribution >= 4 is 0 Å². The van der Waals surface area contributed by atoms with Crippen LogP contribution >= 0.6 is 0 Å². The second kappa shape index (κ2) is 12.3. The quantitative estimate of drug-likeness (QED) is 0.389. The molecule has 4 heteroatoms. The number of aliphatic hydroxyl groups is 1. The van der Waals surface area contributed by atoms with Crippen LogP contribution in [0.4, 0.5) is 4.39 Å². The highest BCUT2D eigenvalue weighted by atomic mass is 19.1. The number of hydrogen-bond acceptors (Lipinski definition) is 3. The summed E-state index contributed by atoms with van der Waals surface area (Å²) < 4.78 is 20.6. The van der Waals surface area contributed by atoms with E-state index in [2.05, 4.69) is 43.0 Å². The third-order valence-electron chi connectivity index (χ3n) is 8.02. The fourth-order valence-electron chi connectivity index (χ4n) is 6.08. The average molecular weight is 468 g/mol. The first kappa shape index (κ1) is 25.3. The lowest BCUT2D eigenvalue weighted by molar-refractivity contribution is 0.0441. The van der Waals surface area contributed by atoms with E-state index in [-0.39, 0.29) is 5.82 Å². The van der Waals surface area contributed by atoms with Gasteiger partial charge in [-0.3, -0.25) is 4.90 Å². The van der Waals surface area contributed by atoms with Crippen LogP contribution in [0.3, 0.4) is 0 Å². The molecule has 2 aromatic rings. The first-order chi connectivity index (χ1) is 16.5. The van der Waals surface area contributed by atoms with Crippen molar-refractivity contribution in [2.45, 2.75) is 78.0 Å². The van der Waals surface area contributed by atoms with E-state index in [1.54, 1.807) is 6.07 Å². The minimum absolute atomic E-state index is 0.176. The number of aliphatic hydroxyl groups excluding tert-OH is 1. The van der Waals surface area contributed by atoms with Gasteiger partial charge in [0.2, 0.25) is 0 Å². The Hall–Kier alpha value is -1.75. The van der Waals surface area contributed by atoms with Crippen LogP contribution in [0, 0.1) is 23.6 Å². The van der Waals surface area contributed by atoms with Crippen molar-refractivity contribution in [3.8, 4) is 11.1 Å². The normalized spacial score (nSPS) is 24.1. The van der Waals surface area contributed by atoms with Gasteiger partial charge in [-0.05, 0) is 66.2 Å². The molecule has 0 aromatic heterocycles. The summed E-state index contributed by atoms with van der Waals surface area (Å²) in [7, 11) is 0. The summed E-state index contributed by atoms with van der Waals surface area (Å²) in [6.45, 7) is 8.66. The predicted molar refractivity (Wildman–Crippen MR) is 137 cm³/mol. The van der Waals surface area contributed by atoms with E-state index in [0.717, 1.165) is 62.4 Å². The molecule has 34 heavy (non-hydrogen) atoms. The first-order valence-corrected chi connectivity index (χ1v) is 13.4. The summed E-state index contributed by atoms with van der Waals surface area (Å²) in [6, 6.07) is 14.1. The largest absolute Gasteiger partial charge is 0.396 e. The van der Waals surface area contributed by atoms with E-state index in [1.165, 1.54) is 24.8 Å². The molecule has 4 rings (SSSR count). The third kappa shape index (κ3) is 6.68. The lowest BCUT2D eigenvalue weighted by Gasteiger charge is -2.41. The van der Waals surface area contributed by atoms with Gasteiger partial charge in [-0.2, -0.15) is 0 Å². The highest BCUT2D eigenvalue weighted by molar-refractivity contribution is 5.64. The summed E-state index contributed by atoms with van der Waals surface area (Å²) >= 11 is 0. The van der Waals surface area contributed by atoms with Gasteiger partial charge in [0.1, 0.15) is 5.82 Å². The predicted octanol–water partition coefficient (Wildman–Crippen LogP) is 6.82. The molecule has 1 heterocycles. The Morgan fingerprint density at radius 1 is 0.941 bits per heavy atom. The number of piperidine rings is 1. The van der Waals surface area contributed by atoms with E-state index >= 15 is 0 Å². The third-order valence-corrected chi connectivity index (χ3v) is 8.02. The number of nitrogens with zero attached hydrogens (tertiary/aromatic N) is 1. The maximum atomic E-state index is 14.7. The molecule has 1 aliphatic heterocycles. The fourth-order valence-corrected chi connectivity index (χ4v) is 6.08. The van der Waals surface area contributed by atoms with Crippen molar-refractivity contribution < 1.29 is 14.2 Å². The Bertz CT molecular complexity index is 881. The lowest BCUT2D eigenvalue weighted by atomic mass is 9.76. The molecule has 2 atom stereocenters. The zero-order valence-electron chi connectivity index (χ0n) is 21.0.